The molecule has 1 aromatic heterocycles. The van der Waals surface area contributed by atoms with E-state index in [1.54, 1.807) is 13.4 Å². The molecule has 1 heterocycles. The van der Waals surface area contributed by atoms with Gasteiger partial charge in [-0.05, 0) is 36.6 Å². The molecule has 1 saturated carbocycles. The molecule has 1 aliphatic rings. The number of nitrogens with one attached hydrogen (secondary N) is 2. The maximum Gasteiger partial charge on any atom is 0.191 e. The van der Waals surface area contributed by atoms with Gasteiger partial charge >= 0.3 is 0 Å². The molecule has 2 aromatic carbocycles. The number of para-hydroxylation sites is 1. The van der Waals surface area contributed by atoms with Crippen LogP contribution in [0, 0.1) is 0 Å². The van der Waals surface area contributed by atoms with Crippen molar-refractivity contribution in [1.29, 1.82) is 0 Å². The molecule has 0 atom stereocenters. The lowest BCUT2D eigenvalue weighted by Gasteiger charge is -2.20. The van der Waals surface area contributed by atoms with E-state index in [-0.39, 0.29) is 5.41 Å². The highest BCUT2D eigenvalue weighted by Gasteiger charge is 2.45. The second-order valence-corrected chi connectivity index (χ2v) is 7.85. The molecule has 6 nitrogen and oxygen atoms in total. The SMILES string of the molecule is CN=C(NCc1nncn1-c1ccccc1)NCC1(c2ccccc2Br)CC1. The van der Waals surface area contributed by atoms with Crippen molar-refractivity contribution in [1.82, 2.24) is 25.4 Å². The summed E-state index contributed by atoms with van der Waals surface area (Å²) in [7, 11) is 1.79. The van der Waals surface area contributed by atoms with Gasteiger partial charge in [0.05, 0.1) is 6.54 Å². The van der Waals surface area contributed by atoms with E-state index >= 15 is 0 Å². The molecule has 0 radical (unpaired) electrons. The number of hydrogen-bond acceptors (Lipinski definition) is 3. The molecule has 0 aliphatic heterocycles. The van der Waals surface area contributed by atoms with E-state index in [2.05, 4.69) is 66.0 Å². The van der Waals surface area contributed by atoms with Crippen molar-refractivity contribution in [3.05, 3.63) is 76.8 Å². The van der Waals surface area contributed by atoms with Crippen LogP contribution in [-0.2, 0) is 12.0 Å². The predicted molar refractivity (Wildman–Crippen MR) is 115 cm³/mol. The number of nitrogens with zero attached hydrogens (tertiary/aromatic N) is 4. The summed E-state index contributed by atoms with van der Waals surface area (Å²) >= 11 is 3.69. The van der Waals surface area contributed by atoms with Crippen LogP contribution in [0.15, 0.2) is 70.4 Å². The summed E-state index contributed by atoms with van der Waals surface area (Å²) in [6.07, 6.45) is 4.10. The predicted octanol–water partition coefficient (Wildman–Crippen LogP) is 3.43. The van der Waals surface area contributed by atoms with Crippen molar-refractivity contribution in [2.24, 2.45) is 4.99 Å². The molecule has 0 bridgehead atoms. The van der Waals surface area contributed by atoms with Crippen LogP contribution in [0.4, 0.5) is 0 Å². The third kappa shape index (κ3) is 3.94. The smallest absolute Gasteiger partial charge is 0.191 e. The van der Waals surface area contributed by atoms with Gasteiger partial charge in [0.2, 0.25) is 0 Å². The van der Waals surface area contributed by atoms with E-state index in [1.165, 1.54) is 22.9 Å². The third-order valence-electron chi connectivity index (χ3n) is 5.18. The minimum Gasteiger partial charge on any atom is -0.356 e. The third-order valence-corrected chi connectivity index (χ3v) is 5.87. The number of hydrogen-bond donors (Lipinski definition) is 2. The molecule has 0 unspecified atom stereocenters. The van der Waals surface area contributed by atoms with Gasteiger partial charge in [-0.15, -0.1) is 10.2 Å². The Hall–Kier alpha value is -2.67. The van der Waals surface area contributed by atoms with Crippen molar-refractivity contribution in [2.75, 3.05) is 13.6 Å². The van der Waals surface area contributed by atoms with E-state index in [9.17, 15) is 0 Å². The first kappa shape index (κ1) is 18.7. The Labute approximate surface area is 173 Å². The molecule has 0 spiro atoms. The second-order valence-electron chi connectivity index (χ2n) is 6.99. The van der Waals surface area contributed by atoms with Crippen LogP contribution in [0.1, 0.15) is 24.2 Å². The molecule has 7 heteroatoms. The lowest BCUT2D eigenvalue weighted by Crippen LogP contribution is -2.41. The quantitative estimate of drug-likeness (QED) is 0.456. The summed E-state index contributed by atoms with van der Waals surface area (Å²) < 4.78 is 3.15. The number of benzene rings is 2. The Kier molecular flexibility index (Phi) is 5.43. The highest BCUT2D eigenvalue weighted by atomic mass is 79.9. The molecule has 0 amide bonds. The number of halogens is 1. The topological polar surface area (TPSA) is 67.1 Å². The summed E-state index contributed by atoms with van der Waals surface area (Å²) in [4.78, 5) is 4.36. The van der Waals surface area contributed by atoms with Gasteiger partial charge in [-0.25, -0.2) is 0 Å². The van der Waals surface area contributed by atoms with Gasteiger partial charge < -0.3 is 10.6 Å². The fraction of sp³-hybridized carbons (Fsp3) is 0.286. The maximum atomic E-state index is 4.36. The highest BCUT2D eigenvalue weighted by Crippen LogP contribution is 2.49. The number of aliphatic imine (C=N–C) groups is 1. The fourth-order valence-corrected chi connectivity index (χ4v) is 4.11. The zero-order chi connectivity index (χ0) is 19.4. The highest BCUT2D eigenvalue weighted by molar-refractivity contribution is 9.10. The Bertz CT molecular complexity index is 962. The summed E-state index contributed by atoms with van der Waals surface area (Å²) in [6, 6.07) is 18.5. The Morgan fingerprint density at radius 2 is 1.86 bits per heavy atom. The van der Waals surface area contributed by atoms with E-state index in [1.807, 2.05) is 34.9 Å². The first-order valence-corrected chi connectivity index (χ1v) is 10.1. The number of guanidine groups is 1. The molecule has 0 saturated heterocycles. The van der Waals surface area contributed by atoms with E-state index in [0.717, 1.165) is 24.0 Å². The molecule has 28 heavy (non-hydrogen) atoms. The van der Waals surface area contributed by atoms with Crippen molar-refractivity contribution in [2.45, 2.75) is 24.8 Å². The number of aromatic nitrogens is 3. The lowest BCUT2D eigenvalue weighted by atomic mass is 9.96. The standard InChI is InChI=1S/C21H23BrN6/c1-23-20(25-14-21(11-12-21)17-9-5-6-10-18(17)22)24-13-19-27-26-15-28(19)16-7-3-2-4-8-16/h2-10,15H,11-14H2,1H3,(H2,23,24,25). The van der Waals surface area contributed by atoms with Crippen LogP contribution >= 0.6 is 15.9 Å². The van der Waals surface area contributed by atoms with Gasteiger partial charge in [0, 0.05) is 29.2 Å². The van der Waals surface area contributed by atoms with Gasteiger partial charge in [0.25, 0.3) is 0 Å². The molecule has 1 fully saturated rings. The maximum absolute atomic E-state index is 4.36. The van der Waals surface area contributed by atoms with E-state index < -0.39 is 0 Å². The van der Waals surface area contributed by atoms with Gasteiger partial charge in [0.1, 0.15) is 6.33 Å². The van der Waals surface area contributed by atoms with E-state index in [0.29, 0.717) is 6.54 Å². The monoisotopic (exact) mass is 438 g/mol. The minimum absolute atomic E-state index is 0.182. The summed E-state index contributed by atoms with van der Waals surface area (Å²) in [5.41, 5.74) is 2.58. The summed E-state index contributed by atoms with van der Waals surface area (Å²) in [5.74, 6) is 1.60. The van der Waals surface area contributed by atoms with Gasteiger partial charge in [-0.3, -0.25) is 9.56 Å². The number of rotatable bonds is 6. The van der Waals surface area contributed by atoms with Gasteiger partial charge in [-0.2, -0.15) is 0 Å². The Morgan fingerprint density at radius 3 is 2.57 bits per heavy atom. The summed E-state index contributed by atoms with van der Waals surface area (Å²) in [5, 5.41) is 15.1. The normalized spacial score (nSPS) is 15.3. The average molecular weight is 439 g/mol. The van der Waals surface area contributed by atoms with Crippen molar-refractivity contribution >= 4 is 21.9 Å². The van der Waals surface area contributed by atoms with E-state index in [4.69, 9.17) is 0 Å². The molecule has 144 valence electrons. The van der Waals surface area contributed by atoms with Crippen LogP contribution in [-0.4, -0.2) is 34.3 Å². The molecule has 2 N–H and O–H groups in total. The Morgan fingerprint density at radius 1 is 1.11 bits per heavy atom. The minimum atomic E-state index is 0.182. The first-order chi connectivity index (χ1) is 13.7. The lowest BCUT2D eigenvalue weighted by molar-refractivity contribution is 0.639. The Balaban J connectivity index is 1.38. The summed E-state index contributed by atoms with van der Waals surface area (Å²) in [6.45, 7) is 1.39. The largest absolute Gasteiger partial charge is 0.356 e. The molecular weight excluding hydrogens is 416 g/mol. The van der Waals surface area contributed by atoms with Gasteiger partial charge in [-0.1, -0.05) is 52.3 Å². The zero-order valence-corrected chi connectivity index (χ0v) is 17.4. The zero-order valence-electron chi connectivity index (χ0n) is 15.8. The molecule has 4 rings (SSSR count). The first-order valence-electron chi connectivity index (χ1n) is 9.36. The molecule has 3 aromatic rings. The van der Waals surface area contributed by atoms with Crippen LogP contribution in [0.3, 0.4) is 0 Å². The fourth-order valence-electron chi connectivity index (χ4n) is 3.40. The van der Waals surface area contributed by atoms with Crippen LogP contribution in [0.25, 0.3) is 5.69 Å². The second kappa shape index (κ2) is 8.14. The van der Waals surface area contributed by atoms with Gasteiger partial charge in [0.15, 0.2) is 11.8 Å². The average Bonchev–Trinajstić information content (AvgIpc) is 3.37. The van der Waals surface area contributed by atoms with Crippen molar-refractivity contribution < 1.29 is 0 Å². The van der Waals surface area contributed by atoms with Crippen molar-refractivity contribution in [3.8, 4) is 5.69 Å². The van der Waals surface area contributed by atoms with Crippen LogP contribution in [0.2, 0.25) is 0 Å². The van der Waals surface area contributed by atoms with Crippen LogP contribution < -0.4 is 10.6 Å². The van der Waals surface area contributed by atoms with Crippen molar-refractivity contribution in [3.63, 3.8) is 0 Å². The molecule has 1 aliphatic carbocycles. The van der Waals surface area contributed by atoms with Crippen LogP contribution in [0.5, 0.6) is 0 Å². The molecular formula is C21H23BrN6.